The van der Waals surface area contributed by atoms with Gasteiger partial charge in [0, 0.05) is 35.0 Å². The Kier molecular flexibility index (Phi) is 6.00. The first-order valence-electron chi connectivity index (χ1n) is 7.74. The lowest BCUT2D eigenvalue weighted by Crippen LogP contribution is -2.32. The van der Waals surface area contributed by atoms with Crippen LogP contribution >= 0.6 is 11.6 Å². The molecule has 0 aliphatic rings. The molecule has 4 nitrogen and oxygen atoms in total. The molecule has 0 aliphatic carbocycles. The summed E-state index contributed by atoms with van der Waals surface area (Å²) >= 11 is 6.06. The van der Waals surface area contributed by atoms with Gasteiger partial charge in [0.25, 0.3) is 0 Å². The smallest absolute Gasteiger partial charge is 0.0663 e. The average Bonchev–Trinajstić information content (AvgIpc) is 2.88. The van der Waals surface area contributed by atoms with Crippen LogP contribution in [0.5, 0.6) is 0 Å². The third kappa shape index (κ3) is 3.88. The molecule has 2 unspecified atom stereocenters. The number of nitrogens with zero attached hydrogens (tertiary/aromatic N) is 2. The van der Waals surface area contributed by atoms with Crippen molar-refractivity contribution in [3.05, 3.63) is 46.7 Å². The number of aliphatic hydroxyl groups is 1. The molecule has 0 bridgehead atoms. The molecule has 1 aromatic carbocycles. The van der Waals surface area contributed by atoms with Crippen LogP contribution in [0.2, 0.25) is 5.02 Å². The lowest BCUT2D eigenvalue weighted by atomic mass is 10.1. The fraction of sp³-hybridized carbons (Fsp3) is 0.471. The first kappa shape index (κ1) is 17.0. The van der Waals surface area contributed by atoms with Crippen LogP contribution in [0.25, 0.3) is 5.69 Å². The van der Waals surface area contributed by atoms with Gasteiger partial charge in [-0.1, -0.05) is 24.6 Å². The topological polar surface area (TPSA) is 50.1 Å². The highest BCUT2D eigenvalue weighted by atomic mass is 35.5. The maximum absolute atomic E-state index is 9.12. The van der Waals surface area contributed by atoms with Gasteiger partial charge in [-0.05, 0) is 44.9 Å². The number of nitrogens with one attached hydrogen (secondary N) is 1. The minimum absolute atomic E-state index is 0.185. The number of halogens is 1. The van der Waals surface area contributed by atoms with Gasteiger partial charge < -0.3 is 10.4 Å². The van der Waals surface area contributed by atoms with Crippen LogP contribution in [0, 0.1) is 6.92 Å². The van der Waals surface area contributed by atoms with Crippen LogP contribution in [0.1, 0.15) is 44.0 Å². The van der Waals surface area contributed by atoms with Crippen molar-refractivity contribution >= 4 is 11.6 Å². The zero-order chi connectivity index (χ0) is 16.1. The zero-order valence-corrected chi connectivity index (χ0v) is 14.1. The summed E-state index contributed by atoms with van der Waals surface area (Å²) in [6, 6.07) is 8.18. The summed E-state index contributed by atoms with van der Waals surface area (Å²) in [4.78, 5) is 0. The molecule has 2 atom stereocenters. The highest BCUT2D eigenvalue weighted by Gasteiger charge is 2.17. The Hall–Kier alpha value is -1.36. The molecule has 0 aliphatic heterocycles. The van der Waals surface area contributed by atoms with E-state index in [1.807, 2.05) is 35.1 Å². The molecule has 2 aromatic rings. The molecule has 0 fully saturated rings. The predicted octanol–water partition coefficient (Wildman–Crippen LogP) is 3.65. The summed E-state index contributed by atoms with van der Waals surface area (Å²) in [6.07, 6.45) is 3.66. The van der Waals surface area contributed by atoms with Gasteiger partial charge in [-0.25, -0.2) is 4.68 Å². The van der Waals surface area contributed by atoms with Gasteiger partial charge in [0.15, 0.2) is 0 Å². The molecule has 2 N–H and O–H groups in total. The van der Waals surface area contributed by atoms with Crippen LogP contribution in [0.15, 0.2) is 30.5 Å². The van der Waals surface area contributed by atoms with Crippen LogP contribution < -0.4 is 5.32 Å². The van der Waals surface area contributed by atoms with Crippen molar-refractivity contribution in [3.63, 3.8) is 0 Å². The lowest BCUT2D eigenvalue weighted by molar-refractivity contribution is 0.257. The maximum atomic E-state index is 9.12. The fourth-order valence-electron chi connectivity index (χ4n) is 2.72. The molecule has 2 rings (SSSR count). The second-order valence-electron chi connectivity index (χ2n) is 5.58. The van der Waals surface area contributed by atoms with E-state index >= 15 is 0 Å². The van der Waals surface area contributed by atoms with Gasteiger partial charge in [0.1, 0.15) is 0 Å². The molecule has 120 valence electrons. The first-order valence-corrected chi connectivity index (χ1v) is 8.12. The number of benzene rings is 1. The number of rotatable bonds is 7. The van der Waals surface area contributed by atoms with Gasteiger partial charge >= 0.3 is 0 Å². The van der Waals surface area contributed by atoms with Crippen molar-refractivity contribution in [3.8, 4) is 5.69 Å². The van der Waals surface area contributed by atoms with E-state index in [4.69, 9.17) is 16.7 Å². The second-order valence-corrected chi connectivity index (χ2v) is 6.02. The van der Waals surface area contributed by atoms with Crippen LogP contribution in [-0.2, 0) is 0 Å². The maximum Gasteiger partial charge on any atom is 0.0663 e. The van der Waals surface area contributed by atoms with Crippen molar-refractivity contribution in [2.24, 2.45) is 0 Å². The van der Waals surface area contributed by atoms with Gasteiger partial charge in [-0.2, -0.15) is 5.10 Å². The van der Waals surface area contributed by atoms with E-state index in [0.29, 0.717) is 11.1 Å². The molecule has 0 spiro atoms. The standard InChI is InChI=1S/C17H24ClN3O/c1-4-15(8-9-22)20-12(2)17-11-19-21(13(17)3)16-7-5-6-14(18)10-16/h5-7,10-12,15,20,22H,4,8-9H2,1-3H3. The third-order valence-electron chi connectivity index (χ3n) is 4.02. The van der Waals surface area contributed by atoms with E-state index in [1.165, 1.54) is 0 Å². The fourth-order valence-corrected chi connectivity index (χ4v) is 2.90. The highest BCUT2D eigenvalue weighted by molar-refractivity contribution is 6.30. The Morgan fingerprint density at radius 3 is 2.82 bits per heavy atom. The molecule has 5 heteroatoms. The van der Waals surface area contributed by atoms with Crippen molar-refractivity contribution < 1.29 is 5.11 Å². The summed E-state index contributed by atoms with van der Waals surface area (Å²) in [5, 5.41) is 17.9. The lowest BCUT2D eigenvalue weighted by Gasteiger charge is -2.21. The van der Waals surface area contributed by atoms with Crippen molar-refractivity contribution in [1.29, 1.82) is 0 Å². The Balaban J connectivity index is 2.20. The molecule has 0 saturated heterocycles. The van der Waals surface area contributed by atoms with Crippen molar-refractivity contribution in [2.45, 2.75) is 45.7 Å². The first-order chi connectivity index (χ1) is 10.6. The zero-order valence-electron chi connectivity index (χ0n) is 13.4. The van der Waals surface area contributed by atoms with Crippen LogP contribution in [0.3, 0.4) is 0 Å². The monoisotopic (exact) mass is 321 g/mol. The minimum Gasteiger partial charge on any atom is -0.396 e. The summed E-state index contributed by atoms with van der Waals surface area (Å²) in [6.45, 7) is 6.53. The van der Waals surface area contributed by atoms with Crippen LogP contribution in [0.4, 0.5) is 0 Å². The van der Waals surface area contributed by atoms with Crippen molar-refractivity contribution in [1.82, 2.24) is 15.1 Å². The summed E-state index contributed by atoms with van der Waals surface area (Å²) in [5.74, 6) is 0. The molecule has 0 radical (unpaired) electrons. The number of hydrogen-bond donors (Lipinski definition) is 2. The summed E-state index contributed by atoms with van der Waals surface area (Å²) in [5.41, 5.74) is 3.23. The molecule has 0 amide bonds. The average molecular weight is 322 g/mol. The van der Waals surface area contributed by atoms with E-state index in [0.717, 1.165) is 29.8 Å². The van der Waals surface area contributed by atoms with Gasteiger partial charge in [0.05, 0.1) is 11.9 Å². The Morgan fingerprint density at radius 2 is 2.18 bits per heavy atom. The third-order valence-corrected chi connectivity index (χ3v) is 4.26. The van der Waals surface area contributed by atoms with Gasteiger partial charge in [-0.15, -0.1) is 0 Å². The van der Waals surface area contributed by atoms with Gasteiger partial charge in [0.2, 0.25) is 0 Å². The van der Waals surface area contributed by atoms with E-state index in [9.17, 15) is 0 Å². The summed E-state index contributed by atoms with van der Waals surface area (Å²) < 4.78 is 1.91. The number of aromatic nitrogens is 2. The predicted molar refractivity (Wildman–Crippen MR) is 90.6 cm³/mol. The Labute approximate surface area is 137 Å². The van der Waals surface area contributed by atoms with E-state index in [2.05, 4.69) is 31.2 Å². The number of aliphatic hydroxyl groups excluding tert-OH is 1. The van der Waals surface area contributed by atoms with E-state index in [-0.39, 0.29) is 12.6 Å². The Morgan fingerprint density at radius 1 is 1.41 bits per heavy atom. The molecule has 0 saturated carbocycles. The van der Waals surface area contributed by atoms with Crippen molar-refractivity contribution in [2.75, 3.05) is 6.61 Å². The summed E-state index contributed by atoms with van der Waals surface area (Å²) in [7, 11) is 0. The molecule has 22 heavy (non-hydrogen) atoms. The molecular weight excluding hydrogens is 298 g/mol. The second kappa shape index (κ2) is 7.77. The Bertz CT molecular complexity index is 612. The quantitative estimate of drug-likeness (QED) is 0.818. The molecule has 1 aromatic heterocycles. The minimum atomic E-state index is 0.185. The van der Waals surface area contributed by atoms with E-state index in [1.54, 1.807) is 0 Å². The molecule has 1 heterocycles. The number of hydrogen-bond acceptors (Lipinski definition) is 3. The molecular formula is C17H24ClN3O. The normalized spacial score (nSPS) is 14.0. The van der Waals surface area contributed by atoms with E-state index < -0.39 is 0 Å². The van der Waals surface area contributed by atoms with Crippen LogP contribution in [-0.4, -0.2) is 27.5 Å². The largest absolute Gasteiger partial charge is 0.396 e. The SMILES string of the molecule is CCC(CCO)NC(C)c1cnn(-c2cccc(Cl)c2)c1C. The highest BCUT2D eigenvalue weighted by Crippen LogP contribution is 2.22. The van der Waals surface area contributed by atoms with Gasteiger partial charge in [-0.3, -0.25) is 0 Å².